The Kier molecular flexibility index (Phi) is 5.82. The Hall–Kier alpha value is -1.82. The van der Waals surface area contributed by atoms with Crippen molar-refractivity contribution in [1.29, 1.82) is 0 Å². The second kappa shape index (κ2) is 7.64. The van der Waals surface area contributed by atoms with Crippen molar-refractivity contribution in [3.8, 4) is 0 Å². The van der Waals surface area contributed by atoms with E-state index in [1.165, 1.54) is 19.2 Å². The second-order valence-electron chi connectivity index (χ2n) is 5.75. The quantitative estimate of drug-likeness (QED) is 0.859. The molecule has 2 amide bonds. The van der Waals surface area contributed by atoms with Crippen LogP contribution in [-0.2, 0) is 16.1 Å². The fourth-order valence-corrected chi connectivity index (χ4v) is 2.97. The second-order valence-corrected chi connectivity index (χ2v) is 6.16. The van der Waals surface area contributed by atoms with Gasteiger partial charge in [0.25, 0.3) is 0 Å². The van der Waals surface area contributed by atoms with Crippen molar-refractivity contribution >= 4 is 23.6 Å². The van der Waals surface area contributed by atoms with Crippen LogP contribution in [0.25, 0.3) is 0 Å². The molecule has 0 radical (unpaired) electrons. The SMILES string of the molecule is COC(=O)[C@H]1CCN(C(=O)NCc2ccc(F)c(Cl)c2)C[C@@H]1C. The number of ether oxygens (including phenoxy) is 1. The molecule has 2 rings (SSSR count). The number of hydrogen-bond acceptors (Lipinski definition) is 3. The summed E-state index contributed by atoms with van der Waals surface area (Å²) >= 11 is 5.71. The molecule has 0 aromatic heterocycles. The first-order chi connectivity index (χ1) is 10.9. The number of likely N-dealkylation sites (tertiary alicyclic amines) is 1. The zero-order valence-electron chi connectivity index (χ0n) is 13.1. The van der Waals surface area contributed by atoms with E-state index in [1.54, 1.807) is 11.0 Å². The number of nitrogens with one attached hydrogen (secondary N) is 1. The zero-order valence-corrected chi connectivity index (χ0v) is 13.9. The van der Waals surface area contributed by atoms with Crippen molar-refractivity contribution in [2.45, 2.75) is 19.9 Å². The van der Waals surface area contributed by atoms with Gasteiger partial charge in [-0.2, -0.15) is 0 Å². The van der Waals surface area contributed by atoms with E-state index in [4.69, 9.17) is 16.3 Å². The first-order valence-electron chi connectivity index (χ1n) is 7.47. The van der Waals surface area contributed by atoms with E-state index in [1.807, 2.05) is 6.92 Å². The van der Waals surface area contributed by atoms with Crippen LogP contribution in [0, 0.1) is 17.7 Å². The summed E-state index contributed by atoms with van der Waals surface area (Å²) in [7, 11) is 1.38. The molecule has 5 nitrogen and oxygen atoms in total. The number of hydrogen-bond donors (Lipinski definition) is 1. The van der Waals surface area contributed by atoms with Gasteiger partial charge in [-0.3, -0.25) is 4.79 Å². The zero-order chi connectivity index (χ0) is 17.0. The maximum atomic E-state index is 13.1. The molecule has 1 fully saturated rings. The summed E-state index contributed by atoms with van der Waals surface area (Å²) in [5.74, 6) is -0.832. The number of halogens is 2. The average Bonchev–Trinajstić information content (AvgIpc) is 2.54. The van der Waals surface area contributed by atoms with Crippen molar-refractivity contribution in [2.24, 2.45) is 11.8 Å². The molecule has 1 saturated heterocycles. The number of nitrogens with zero attached hydrogens (tertiary/aromatic N) is 1. The van der Waals surface area contributed by atoms with E-state index in [0.29, 0.717) is 19.5 Å². The molecule has 1 aromatic rings. The van der Waals surface area contributed by atoms with Gasteiger partial charge in [-0.1, -0.05) is 24.6 Å². The highest BCUT2D eigenvalue weighted by molar-refractivity contribution is 6.30. The summed E-state index contributed by atoms with van der Waals surface area (Å²) in [5, 5.41) is 2.82. The van der Waals surface area contributed by atoms with Gasteiger partial charge in [0.1, 0.15) is 5.82 Å². The van der Waals surface area contributed by atoms with Crippen LogP contribution < -0.4 is 5.32 Å². The van der Waals surface area contributed by atoms with Crippen molar-refractivity contribution in [3.63, 3.8) is 0 Å². The molecule has 1 aromatic carbocycles. The lowest BCUT2D eigenvalue weighted by Gasteiger charge is -2.35. The van der Waals surface area contributed by atoms with Gasteiger partial charge in [0.2, 0.25) is 0 Å². The van der Waals surface area contributed by atoms with Gasteiger partial charge in [0.05, 0.1) is 18.1 Å². The Morgan fingerprint density at radius 1 is 1.48 bits per heavy atom. The van der Waals surface area contributed by atoms with Gasteiger partial charge in [0, 0.05) is 19.6 Å². The van der Waals surface area contributed by atoms with Crippen LogP contribution in [0.5, 0.6) is 0 Å². The van der Waals surface area contributed by atoms with Crippen molar-refractivity contribution < 1.29 is 18.7 Å². The Morgan fingerprint density at radius 3 is 2.83 bits per heavy atom. The van der Waals surface area contributed by atoms with Gasteiger partial charge in [-0.05, 0) is 30.0 Å². The van der Waals surface area contributed by atoms with Gasteiger partial charge in [-0.25, -0.2) is 9.18 Å². The Labute approximate surface area is 139 Å². The lowest BCUT2D eigenvalue weighted by Crippen LogP contribution is -2.48. The summed E-state index contributed by atoms with van der Waals surface area (Å²) in [4.78, 5) is 25.5. The average molecular weight is 343 g/mol. The fourth-order valence-electron chi connectivity index (χ4n) is 2.77. The Balaban J connectivity index is 1.87. The largest absolute Gasteiger partial charge is 0.469 e. The molecule has 2 atom stereocenters. The molecule has 23 heavy (non-hydrogen) atoms. The molecule has 0 aliphatic carbocycles. The predicted molar refractivity (Wildman–Crippen MR) is 84.5 cm³/mol. The first-order valence-corrected chi connectivity index (χ1v) is 7.84. The third-order valence-electron chi connectivity index (χ3n) is 4.12. The summed E-state index contributed by atoms with van der Waals surface area (Å²) < 4.78 is 17.9. The lowest BCUT2D eigenvalue weighted by molar-refractivity contribution is -0.148. The van der Waals surface area contributed by atoms with E-state index < -0.39 is 5.82 Å². The number of rotatable bonds is 3. The molecule has 126 valence electrons. The standard InChI is InChI=1S/C16H20ClFN2O3/c1-10-9-20(6-5-12(10)15(21)23-2)16(22)19-8-11-3-4-14(18)13(17)7-11/h3-4,7,10,12H,5-6,8-9H2,1-2H3,(H,19,22)/t10-,12-/m0/s1. The van der Waals surface area contributed by atoms with Gasteiger partial charge >= 0.3 is 12.0 Å². The van der Waals surface area contributed by atoms with E-state index >= 15 is 0 Å². The van der Waals surface area contributed by atoms with Gasteiger partial charge < -0.3 is 15.0 Å². The summed E-state index contributed by atoms with van der Waals surface area (Å²) in [6.45, 7) is 3.20. The number of amides is 2. The number of methoxy groups -OCH3 is 1. The number of urea groups is 1. The molecule has 0 unspecified atom stereocenters. The summed E-state index contributed by atoms with van der Waals surface area (Å²) in [6, 6.07) is 4.13. The number of piperidine rings is 1. The van der Waals surface area contributed by atoms with Crippen LogP contribution in [0.1, 0.15) is 18.9 Å². The highest BCUT2D eigenvalue weighted by Gasteiger charge is 2.33. The monoisotopic (exact) mass is 342 g/mol. The summed E-state index contributed by atoms with van der Waals surface area (Å²) in [6.07, 6.45) is 0.587. The van der Waals surface area contributed by atoms with Crippen LogP contribution >= 0.6 is 11.6 Å². The lowest BCUT2D eigenvalue weighted by atomic mass is 9.87. The van der Waals surface area contributed by atoms with Crippen LogP contribution in [0.2, 0.25) is 5.02 Å². The van der Waals surface area contributed by atoms with Crippen LogP contribution in [0.4, 0.5) is 9.18 Å². The molecule has 0 spiro atoms. The van der Waals surface area contributed by atoms with Crippen LogP contribution in [0.15, 0.2) is 18.2 Å². The number of carbonyl (C=O) groups excluding carboxylic acids is 2. The highest BCUT2D eigenvalue weighted by Crippen LogP contribution is 2.24. The van der Waals surface area contributed by atoms with Crippen molar-refractivity contribution in [2.75, 3.05) is 20.2 Å². The summed E-state index contributed by atoms with van der Waals surface area (Å²) in [5.41, 5.74) is 0.724. The fraction of sp³-hybridized carbons (Fsp3) is 0.500. The minimum atomic E-state index is -0.486. The van der Waals surface area contributed by atoms with Crippen LogP contribution in [0.3, 0.4) is 0 Å². The van der Waals surface area contributed by atoms with Gasteiger partial charge in [0.15, 0.2) is 0 Å². The molecule has 1 aliphatic heterocycles. The van der Waals surface area contributed by atoms with Crippen LogP contribution in [-0.4, -0.2) is 37.1 Å². The van der Waals surface area contributed by atoms with E-state index in [9.17, 15) is 14.0 Å². The number of esters is 1. The van der Waals surface area contributed by atoms with Gasteiger partial charge in [-0.15, -0.1) is 0 Å². The van der Waals surface area contributed by atoms with Crippen molar-refractivity contribution in [1.82, 2.24) is 10.2 Å². The van der Waals surface area contributed by atoms with E-state index in [2.05, 4.69) is 5.32 Å². The molecule has 0 saturated carbocycles. The molecular formula is C16H20ClFN2O3. The Morgan fingerprint density at radius 2 is 2.22 bits per heavy atom. The topological polar surface area (TPSA) is 58.6 Å². The van der Waals surface area contributed by atoms with E-state index in [-0.39, 0.29) is 35.4 Å². The maximum Gasteiger partial charge on any atom is 0.317 e. The number of benzene rings is 1. The third-order valence-corrected chi connectivity index (χ3v) is 4.41. The normalized spacial score (nSPS) is 21.0. The molecule has 1 N–H and O–H groups in total. The molecule has 7 heteroatoms. The minimum absolute atomic E-state index is 0.0317. The smallest absolute Gasteiger partial charge is 0.317 e. The molecule has 1 heterocycles. The maximum absolute atomic E-state index is 13.1. The molecule has 1 aliphatic rings. The van der Waals surface area contributed by atoms with Crippen molar-refractivity contribution in [3.05, 3.63) is 34.6 Å². The predicted octanol–water partition coefficient (Wildman–Crippen LogP) is 2.82. The first kappa shape index (κ1) is 17.5. The highest BCUT2D eigenvalue weighted by atomic mass is 35.5. The molecule has 0 bridgehead atoms. The van der Waals surface area contributed by atoms with E-state index in [0.717, 1.165) is 5.56 Å². The third kappa shape index (κ3) is 4.34. The Bertz CT molecular complexity index is 597. The number of carbonyl (C=O) groups is 2. The minimum Gasteiger partial charge on any atom is -0.469 e. The molecular weight excluding hydrogens is 323 g/mol.